The first-order valence-corrected chi connectivity index (χ1v) is 11.3. The Balaban J connectivity index is 1.63. The van der Waals surface area contributed by atoms with Crippen molar-refractivity contribution in [2.75, 3.05) is 11.4 Å². The van der Waals surface area contributed by atoms with E-state index in [1.807, 2.05) is 24.4 Å². The Bertz CT molecular complexity index is 1130. The molecule has 1 aliphatic heterocycles. The molecule has 0 radical (unpaired) electrons. The molecule has 0 saturated heterocycles. The lowest BCUT2D eigenvalue weighted by Gasteiger charge is -2.43. The van der Waals surface area contributed by atoms with Gasteiger partial charge in [0.25, 0.3) is 0 Å². The average Bonchev–Trinajstić information content (AvgIpc) is 2.76. The van der Waals surface area contributed by atoms with Crippen molar-refractivity contribution in [1.29, 1.82) is 0 Å². The van der Waals surface area contributed by atoms with Crippen LogP contribution in [0.5, 0.6) is 0 Å². The summed E-state index contributed by atoms with van der Waals surface area (Å²) in [5.41, 5.74) is 7.95. The van der Waals surface area contributed by atoms with Crippen LogP contribution in [0.3, 0.4) is 0 Å². The molecule has 31 heavy (non-hydrogen) atoms. The fourth-order valence-electron chi connectivity index (χ4n) is 4.36. The van der Waals surface area contributed by atoms with E-state index in [1.165, 1.54) is 28.0 Å². The predicted octanol–water partition coefficient (Wildman–Crippen LogP) is 8.17. The standard InChI is InChI=1S/C28H29ClN2/c1-5-15-31-27-17-26(29)23(16-25(27)20(2)18-28(31,3)4)19-30-24-13-11-22(12-14-24)21-9-7-6-8-10-21/h6-14,16-19H,5,15H2,1-4H3. The highest BCUT2D eigenvalue weighted by Crippen LogP contribution is 2.41. The van der Waals surface area contributed by atoms with Crippen LogP contribution in [0.15, 0.2) is 77.8 Å². The molecule has 0 aliphatic carbocycles. The van der Waals surface area contributed by atoms with Crippen LogP contribution in [-0.4, -0.2) is 18.3 Å². The summed E-state index contributed by atoms with van der Waals surface area (Å²) in [5.74, 6) is 0. The molecule has 2 nitrogen and oxygen atoms in total. The van der Waals surface area contributed by atoms with Crippen LogP contribution in [0.25, 0.3) is 16.7 Å². The SMILES string of the molecule is CCCN1c2cc(Cl)c(C=Nc3ccc(-c4ccccc4)cc3)cc2C(C)=CC1(C)C. The first-order valence-electron chi connectivity index (χ1n) is 10.9. The van der Waals surface area contributed by atoms with Gasteiger partial charge >= 0.3 is 0 Å². The second kappa shape index (κ2) is 8.72. The lowest BCUT2D eigenvalue weighted by molar-refractivity contribution is 0.550. The minimum atomic E-state index is -0.0213. The number of hydrogen-bond acceptors (Lipinski definition) is 2. The van der Waals surface area contributed by atoms with Gasteiger partial charge in [-0.3, -0.25) is 4.99 Å². The van der Waals surface area contributed by atoms with Gasteiger partial charge in [-0.15, -0.1) is 0 Å². The van der Waals surface area contributed by atoms with E-state index in [9.17, 15) is 0 Å². The lowest BCUT2D eigenvalue weighted by atomic mass is 9.88. The van der Waals surface area contributed by atoms with Crippen LogP contribution in [-0.2, 0) is 0 Å². The maximum absolute atomic E-state index is 6.70. The van der Waals surface area contributed by atoms with Gasteiger partial charge in [-0.2, -0.15) is 0 Å². The molecule has 0 aromatic heterocycles. The molecule has 1 aliphatic rings. The van der Waals surface area contributed by atoms with E-state index in [0.717, 1.165) is 29.2 Å². The van der Waals surface area contributed by atoms with Gasteiger partial charge in [-0.05, 0) is 68.2 Å². The number of anilines is 1. The molecular weight excluding hydrogens is 400 g/mol. The summed E-state index contributed by atoms with van der Waals surface area (Å²) in [6, 6.07) is 22.9. The van der Waals surface area contributed by atoms with Gasteiger partial charge in [0.1, 0.15) is 0 Å². The summed E-state index contributed by atoms with van der Waals surface area (Å²) in [7, 11) is 0. The van der Waals surface area contributed by atoms with Crippen molar-refractivity contribution < 1.29 is 0 Å². The Morgan fingerprint density at radius 2 is 1.65 bits per heavy atom. The topological polar surface area (TPSA) is 15.6 Å². The van der Waals surface area contributed by atoms with Gasteiger partial charge < -0.3 is 4.90 Å². The van der Waals surface area contributed by atoms with Crippen molar-refractivity contribution in [1.82, 2.24) is 0 Å². The van der Waals surface area contributed by atoms with Crippen molar-refractivity contribution in [3.63, 3.8) is 0 Å². The van der Waals surface area contributed by atoms with Crippen molar-refractivity contribution in [2.45, 2.75) is 39.7 Å². The zero-order valence-corrected chi connectivity index (χ0v) is 19.4. The summed E-state index contributed by atoms with van der Waals surface area (Å²) in [5, 5.41) is 0.731. The molecule has 4 rings (SSSR count). The van der Waals surface area contributed by atoms with Crippen LogP contribution in [0.1, 0.15) is 45.2 Å². The Morgan fingerprint density at radius 1 is 0.968 bits per heavy atom. The van der Waals surface area contributed by atoms with Gasteiger partial charge in [0.15, 0.2) is 0 Å². The number of allylic oxidation sites excluding steroid dienone is 1. The van der Waals surface area contributed by atoms with Crippen LogP contribution >= 0.6 is 11.6 Å². The Hall–Kier alpha value is -2.84. The normalized spacial score (nSPS) is 15.1. The quantitative estimate of drug-likeness (QED) is 0.374. The zero-order chi connectivity index (χ0) is 22.0. The number of benzene rings is 3. The third-order valence-corrected chi connectivity index (χ3v) is 6.20. The second-order valence-electron chi connectivity index (χ2n) is 8.69. The third-order valence-electron chi connectivity index (χ3n) is 5.87. The largest absolute Gasteiger partial charge is 0.362 e. The monoisotopic (exact) mass is 428 g/mol. The zero-order valence-electron chi connectivity index (χ0n) is 18.7. The van der Waals surface area contributed by atoms with Crippen molar-refractivity contribution in [2.24, 2.45) is 4.99 Å². The maximum atomic E-state index is 6.70. The highest BCUT2D eigenvalue weighted by molar-refractivity contribution is 6.33. The highest BCUT2D eigenvalue weighted by Gasteiger charge is 2.31. The summed E-state index contributed by atoms with van der Waals surface area (Å²) in [4.78, 5) is 7.14. The van der Waals surface area contributed by atoms with E-state index in [0.29, 0.717) is 0 Å². The van der Waals surface area contributed by atoms with Crippen molar-refractivity contribution >= 4 is 34.8 Å². The number of fused-ring (bicyclic) bond motifs is 1. The van der Waals surface area contributed by atoms with Crippen LogP contribution in [0.2, 0.25) is 5.02 Å². The molecule has 158 valence electrons. The fourth-order valence-corrected chi connectivity index (χ4v) is 4.57. The van der Waals surface area contributed by atoms with E-state index < -0.39 is 0 Å². The fraction of sp³-hybridized carbons (Fsp3) is 0.250. The summed E-state index contributed by atoms with van der Waals surface area (Å²) in [6.45, 7) is 9.92. The van der Waals surface area contributed by atoms with E-state index >= 15 is 0 Å². The molecule has 3 heteroatoms. The molecular formula is C28H29ClN2. The number of hydrogen-bond donors (Lipinski definition) is 0. The molecule has 0 fully saturated rings. The first kappa shape index (κ1) is 21.4. The third kappa shape index (κ3) is 4.45. The van der Waals surface area contributed by atoms with E-state index in [1.54, 1.807) is 0 Å². The Morgan fingerprint density at radius 3 is 2.32 bits per heavy atom. The molecule has 0 N–H and O–H groups in total. The van der Waals surface area contributed by atoms with Gasteiger partial charge in [0.2, 0.25) is 0 Å². The number of halogens is 1. The first-order chi connectivity index (χ1) is 14.9. The Labute approximate surface area is 190 Å². The van der Waals surface area contributed by atoms with Gasteiger partial charge in [0.05, 0.1) is 16.2 Å². The predicted molar refractivity (Wildman–Crippen MR) is 136 cm³/mol. The summed E-state index contributed by atoms with van der Waals surface area (Å²) in [6.07, 6.45) is 5.31. The molecule has 0 atom stereocenters. The minimum Gasteiger partial charge on any atom is -0.362 e. The van der Waals surface area contributed by atoms with Crippen LogP contribution in [0, 0.1) is 0 Å². The Kier molecular flexibility index (Phi) is 6.02. The van der Waals surface area contributed by atoms with Gasteiger partial charge in [-0.1, -0.05) is 67.1 Å². The second-order valence-corrected chi connectivity index (χ2v) is 9.10. The van der Waals surface area contributed by atoms with Gasteiger partial charge in [0, 0.05) is 29.6 Å². The smallest absolute Gasteiger partial charge is 0.0630 e. The van der Waals surface area contributed by atoms with Gasteiger partial charge in [-0.25, -0.2) is 0 Å². The molecule has 3 aromatic carbocycles. The maximum Gasteiger partial charge on any atom is 0.0630 e. The minimum absolute atomic E-state index is 0.0213. The molecule has 1 heterocycles. The van der Waals surface area contributed by atoms with E-state index in [-0.39, 0.29) is 5.54 Å². The number of nitrogens with zero attached hydrogens (tertiary/aromatic N) is 2. The summed E-state index contributed by atoms with van der Waals surface area (Å²) < 4.78 is 0. The van der Waals surface area contributed by atoms with E-state index in [4.69, 9.17) is 11.6 Å². The molecule has 0 amide bonds. The molecule has 0 bridgehead atoms. The molecule has 0 spiro atoms. The van der Waals surface area contributed by atoms with Crippen LogP contribution in [0.4, 0.5) is 11.4 Å². The van der Waals surface area contributed by atoms with Crippen molar-refractivity contribution in [3.05, 3.63) is 89.0 Å². The summed E-state index contributed by atoms with van der Waals surface area (Å²) >= 11 is 6.70. The lowest BCUT2D eigenvalue weighted by Crippen LogP contribution is -2.45. The number of aliphatic imine (C=N–C) groups is 1. The van der Waals surface area contributed by atoms with Crippen LogP contribution < -0.4 is 4.90 Å². The average molecular weight is 429 g/mol. The molecule has 3 aromatic rings. The number of rotatable bonds is 5. The highest BCUT2D eigenvalue weighted by atomic mass is 35.5. The van der Waals surface area contributed by atoms with E-state index in [2.05, 4.69) is 92.2 Å². The van der Waals surface area contributed by atoms with Crippen molar-refractivity contribution in [3.8, 4) is 11.1 Å². The molecule has 0 saturated carbocycles. The molecule has 0 unspecified atom stereocenters.